The summed E-state index contributed by atoms with van der Waals surface area (Å²) in [4.78, 5) is 19.2. The molecule has 172 valence electrons. The first-order chi connectivity index (χ1) is 15.9. The van der Waals surface area contributed by atoms with Crippen molar-refractivity contribution in [3.8, 4) is 0 Å². The molecule has 0 radical (unpaired) electrons. The lowest BCUT2D eigenvalue weighted by atomic mass is 10.1. The van der Waals surface area contributed by atoms with E-state index in [-0.39, 0.29) is 10.8 Å². The highest BCUT2D eigenvalue weighted by molar-refractivity contribution is 7.92. The molecule has 0 atom stereocenters. The molecule has 7 nitrogen and oxygen atoms in total. The Morgan fingerprint density at radius 1 is 1.03 bits per heavy atom. The van der Waals surface area contributed by atoms with Crippen LogP contribution in [-0.4, -0.2) is 32.4 Å². The molecule has 1 aliphatic rings. The highest BCUT2D eigenvalue weighted by atomic mass is 32.2. The number of piperidine rings is 1. The number of nitrogens with one attached hydrogen (secondary N) is 2. The molecule has 0 aliphatic carbocycles. The molecule has 1 saturated heterocycles. The van der Waals surface area contributed by atoms with Crippen molar-refractivity contribution in [3.63, 3.8) is 0 Å². The van der Waals surface area contributed by atoms with Gasteiger partial charge in [0.15, 0.2) is 0 Å². The lowest BCUT2D eigenvalue weighted by Gasteiger charge is -2.31. The quantitative estimate of drug-likeness (QED) is 0.549. The Hall–Kier alpha value is -3.39. The summed E-state index contributed by atoms with van der Waals surface area (Å²) in [6.07, 6.45) is 6.64. The van der Waals surface area contributed by atoms with Crippen LogP contribution in [0.4, 0.5) is 11.4 Å². The van der Waals surface area contributed by atoms with Gasteiger partial charge in [-0.25, -0.2) is 8.42 Å². The second-order valence-corrected chi connectivity index (χ2v) is 9.92. The number of hydrogen-bond acceptors (Lipinski definition) is 5. The van der Waals surface area contributed by atoms with Crippen LogP contribution in [0.1, 0.15) is 40.7 Å². The van der Waals surface area contributed by atoms with Crippen molar-refractivity contribution in [2.75, 3.05) is 22.7 Å². The van der Waals surface area contributed by atoms with Gasteiger partial charge in [-0.2, -0.15) is 0 Å². The molecule has 0 saturated carbocycles. The fourth-order valence-electron chi connectivity index (χ4n) is 3.88. The van der Waals surface area contributed by atoms with E-state index in [1.165, 1.54) is 0 Å². The Morgan fingerprint density at radius 3 is 2.48 bits per heavy atom. The molecule has 2 N–H and O–H groups in total. The Bertz CT molecular complexity index is 1210. The van der Waals surface area contributed by atoms with Gasteiger partial charge in [-0.05, 0) is 68.1 Å². The van der Waals surface area contributed by atoms with Crippen molar-refractivity contribution >= 4 is 27.3 Å². The summed E-state index contributed by atoms with van der Waals surface area (Å²) in [5.41, 5.74) is 3.45. The number of pyridine rings is 1. The molecule has 1 aromatic heterocycles. The maximum atomic E-state index is 13.1. The van der Waals surface area contributed by atoms with Gasteiger partial charge in [0.2, 0.25) is 0 Å². The van der Waals surface area contributed by atoms with E-state index >= 15 is 0 Å². The van der Waals surface area contributed by atoms with Crippen LogP contribution in [0.3, 0.4) is 0 Å². The van der Waals surface area contributed by atoms with Gasteiger partial charge in [0.1, 0.15) is 0 Å². The van der Waals surface area contributed by atoms with Crippen molar-refractivity contribution in [1.82, 2.24) is 10.3 Å². The predicted octanol–water partition coefficient (Wildman–Crippen LogP) is 4.11. The summed E-state index contributed by atoms with van der Waals surface area (Å²) in [6.45, 7) is 3.95. The zero-order chi connectivity index (χ0) is 23.3. The number of rotatable bonds is 7. The maximum absolute atomic E-state index is 13.1. The number of aromatic nitrogens is 1. The van der Waals surface area contributed by atoms with Gasteiger partial charge in [0, 0.05) is 37.6 Å². The Kier molecular flexibility index (Phi) is 6.93. The van der Waals surface area contributed by atoms with Crippen molar-refractivity contribution in [3.05, 3.63) is 83.7 Å². The van der Waals surface area contributed by atoms with Crippen LogP contribution in [0.25, 0.3) is 0 Å². The number of hydrogen-bond donors (Lipinski definition) is 2. The van der Waals surface area contributed by atoms with Gasteiger partial charge >= 0.3 is 0 Å². The minimum absolute atomic E-state index is 0.184. The molecule has 1 amide bonds. The molecule has 1 aliphatic heterocycles. The number of sulfonamides is 1. The summed E-state index contributed by atoms with van der Waals surface area (Å²) in [5.74, 6) is -0.278. The summed E-state index contributed by atoms with van der Waals surface area (Å²) < 4.78 is 28.9. The van der Waals surface area contributed by atoms with E-state index in [0.717, 1.165) is 49.2 Å². The lowest BCUT2D eigenvalue weighted by Crippen LogP contribution is -2.31. The third-order valence-electron chi connectivity index (χ3n) is 5.71. The average molecular weight is 465 g/mol. The largest absolute Gasteiger partial charge is 0.370 e. The summed E-state index contributed by atoms with van der Waals surface area (Å²) in [7, 11) is -3.81. The monoisotopic (exact) mass is 464 g/mol. The molecular weight excluding hydrogens is 436 g/mol. The van der Waals surface area contributed by atoms with Gasteiger partial charge in [-0.1, -0.05) is 23.8 Å². The van der Waals surface area contributed by atoms with Gasteiger partial charge in [-0.3, -0.25) is 14.5 Å². The Balaban J connectivity index is 1.61. The Labute approximate surface area is 194 Å². The number of nitrogens with zero attached hydrogens (tertiary/aromatic N) is 2. The minimum atomic E-state index is -3.81. The smallest absolute Gasteiger partial charge is 0.261 e. The fraction of sp³-hybridized carbons (Fsp3) is 0.280. The molecule has 0 unspecified atom stereocenters. The third kappa shape index (κ3) is 5.70. The molecule has 8 heteroatoms. The first-order valence-corrected chi connectivity index (χ1v) is 12.6. The van der Waals surface area contributed by atoms with Crippen LogP contribution in [0, 0.1) is 6.92 Å². The fourth-order valence-corrected chi connectivity index (χ4v) is 4.94. The zero-order valence-corrected chi connectivity index (χ0v) is 19.4. The number of anilines is 2. The lowest BCUT2D eigenvalue weighted by molar-refractivity contribution is 0.0951. The second kappa shape index (κ2) is 10.0. The van der Waals surface area contributed by atoms with E-state index in [2.05, 4.69) is 19.9 Å². The van der Waals surface area contributed by atoms with E-state index < -0.39 is 10.0 Å². The van der Waals surface area contributed by atoms with E-state index in [4.69, 9.17) is 0 Å². The van der Waals surface area contributed by atoms with Gasteiger partial charge < -0.3 is 10.2 Å². The molecular formula is C25H28N4O3S. The van der Waals surface area contributed by atoms with Crippen molar-refractivity contribution in [2.24, 2.45) is 0 Å². The molecule has 1 fully saturated rings. The van der Waals surface area contributed by atoms with Crippen LogP contribution in [0.5, 0.6) is 0 Å². The van der Waals surface area contributed by atoms with Crippen LogP contribution < -0.4 is 14.9 Å². The number of benzene rings is 2. The van der Waals surface area contributed by atoms with Crippen LogP contribution in [-0.2, 0) is 16.6 Å². The summed E-state index contributed by atoms with van der Waals surface area (Å²) >= 11 is 0. The highest BCUT2D eigenvalue weighted by Crippen LogP contribution is 2.31. The third-order valence-corrected chi connectivity index (χ3v) is 7.09. The number of amides is 1. The normalized spacial score (nSPS) is 14.0. The average Bonchev–Trinajstić information content (AvgIpc) is 2.84. The van der Waals surface area contributed by atoms with E-state index in [0.29, 0.717) is 17.8 Å². The van der Waals surface area contributed by atoms with Crippen molar-refractivity contribution < 1.29 is 13.2 Å². The van der Waals surface area contributed by atoms with Gasteiger partial charge in [-0.15, -0.1) is 0 Å². The van der Waals surface area contributed by atoms with Crippen molar-refractivity contribution in [1.29, 1.82) is 0 Å². The van der Waals surface area contributed by atoms with Crippen LogP contribution in [0.2, 0.25) is 0 Å². The first-order valence-electron chi connectivity index (χ1n) is 11.1. The number of carbonyl (C=O) groups is 1. The standard InChI is InChI=1S/C25H28N4O3S/c1-19-7-10-22(11-8-19)33(31,32)28-23-16-21(9-12-24(23)29-14-3-2-4-15-29)25(30)27-18-20-6-5-13-26-17-20/h5-13,16-17,28H,2-4,14-15,18H2,1H3,(H,27,30). The van der Waals surface area contributed by atoms with Gasteiger partial charge in [0.25, 0.3) is 15.9 Å². The summed E-state index contributed by atoms with van der Waals surface area (Å²) in [6, 6.07) is 15.6. The SMILES string of the molecule is Cc1ccc(S(=O)(=O)Nc2cc(C(=O)NCc3cccnc3)ccc2N2CCCCC2)cc1. The number of carbonyl (C=O) groups excluding carboxylic acids is 1. The molecule has 2 aromatic carbocycles. The minimum Gasteiger partial charge on any atom is -0.370 e. The molecule has 4 rings (SSSR count). The van der Waals surface area contributed by atoms with E-state index in [1.807, 2.05) is 25.1 Å². The first kappa shape index (κ1) is 22.8. The number of aryl methyl sites for hydroxylation is 1. The maximum Gasteiger partial charge on any atom is 0.261 e. The molecule has 2 heterocycles. The Morgan fingerprint density at radius 2 is 1.79 bits per heavy atom. The van der Waals surface area contributed by atoms with E-state index in [9.17, 15) is 13.2 Å². The predicted molar refractivity (Wildman–Crippen MR) is 130 cm³/mol. The van der Waals surface area contributed by atoms with Crippen molar-refractivity contribution in [2.45, 2.75) is 37.6 Å². The van der Waals surface area contributed by atoms with Crippen LogP contribution >= 0.6 is 0 Å². The molecule has 3 aromatic rings. The van der Waals surface area contributed by atoms with E-state index in [1.54, 1.807) is 48.8 Å². The zero-order valence-electron chi connectivity index (χ0n) is 18.6. The topological polar surface area (TPSA) is 91.4 Å². The highest BCUT2D eigenvalue weighted by Gasteiger charge is 2.21. The second-order valence-electron chi connectivity index (χ2n) is 8.24. The molecule has 0 bridgehead atoms. The van der Waals surface area contributed by atoms with Crippen LogP contribution in [0.15, 0.2) is 71.9 Å². The van der Waals surface area contributed by atoms with Gasteiger partial charge in [0.05, 0.1) is 16.3 Å². The summed E-state index contributed by atoms with van der Waals surface area (Å²) in [5, 5.41) is 2.87. The molecule has 33 heavy (non-hydrogen) atoms. The molecule has 0 spiro atoms.